The van der Waals surface area contributed by atoms with E-state index in [1.165, 1.54) is 12.1 Å². The van der Waals surface area contributed by atoms with E-state index in [1.807, 2.05) is 0 Å². The second-order valence-electron chi connectivity index (χ2n) is 2.26. The molecule has 0 atom stereocenters. The number of benzene rings is 1. The van der Waals surface area contributed by atoms with Crippen LogP contribution < -0.4 is 5.32 Å². The molecule has 0 saturated carbocycles. The largest absolute Gasteiger partial charge is 0.508 e. The van der Waals surface area contributed by atoms with Crippen LogP contribution in [0.3, 0.4) is 0 Å². The molecule has 0 aliphatic rings. The first-order valence-corrected chi connectivity index (χ1v) is 3.77. The SMILES string of the molecule is O=C(Cl)CNc1ccc(O)cc1. The third kappa shape index (κ3) is 2.80. The van der Waals surface area contributed by atoms with Gasteiger partial charge in [0.1, 0.15) is 5.75 Å². The maximum absolute atomic E-state index is 10.3. The van der Waals surface area contributed by atoms with Gasteiger partial charge in [-0.05, 0) is 35.9 Å². The van der Waals surface area contributed by atoms with Crippen LogP contribution in [-0.4, -0.2) is 16.9 Å². The first-order chi connectivity index (χ1) is 5.68. The van der Waals surface area contributed by atoms with E-state index < -0.39 is 5.24 Å². The minimum absolute atomic E-state index is 0.0896. The van der Waals surface area contributed by atoms with Gasteiger partial charge in [-0.1, -0.05) is 0 Å². The zero-order valence-electron chi connectivity index (χ0n) is 6.25. The zero-order valence-corrected chi connectivity index (χ0v) is 7.01. The Hall–Kier alpha value is -1.22. The highest BCUT2D eigenvalue weighted by atomic mass is 35.5. The Morgan fingerprint density at radius 1 is 1.42 bits per heavy atom. The number of hydrogen-bond donors (Lipinski definition) is 2. The molecule has 0 bridgehead atoms. The van der Waals surface area contributed by atoms with Gasteiger partial charge in [0.2, 0.25) is 5.24 Å². The Morgan fingerprint density at radius 3 is 2.50 bits per heavy atom. The van der Waals surface area contributed by atoms with Gasteiger partial charge < -0.3 is 10.4 Å². The van der Waals surface area contributed by atoms with Crippen molar-refractivity contribution >= 4 is 22.5 Å². The van der Waals surface area contributed by atoms with E-state index in [1.54, 1.807) is 12.1 Å². The van der Waals surface area contributed by atoms with Crippen LogP contribution in [0.25, 0.3) is 0 Å². The fourth-order valence-corrected chi connectivity index (χ4v) is 0.818. The molecule has 12 heavy (non-hydrogen) atoms. The summed E-state index contributed by atoms with van der Waals surface area (Å²) in [5.41, 5.74) is 0.752. The van der Waals surface area contributed by atoms with Crippen LogP contribution in [0.2, 0.25) is 0 Å². The minimum atomic E-state index is -0.442. The Balaban J connectivity index is 2.53. The standard InChI is InChI=1S/C8H8ClNO2/c9-8(12)5-10-6-1-3-7(11)4-2-6/h1-4,10-11H,5H2. The molecule has 1 aromatic rings. The van der Waals surface area contributed by atoms with Crippen LogP contribution in [-0.2, 0) is 4.79 Å². The molecule has 0 saturated heterocycles. The Bertz CT molecular complexity index is 271. The quantitative estimate of drug-likeness (QED) is 0.555. The highest BCUT2D eigenvalue weighted by molar-refractivity contribution is 6.64. The van der Waals surface area contributed by atoms with Crippen molar-refractivity contribution in [3.63, 3.8) is 0 Å². The number of carbonyl (C=O) groups is 1. The first kappa shape index (κ1) is 8.87. The Morgan fingerprint density at radius 2 is 2.00 bits per heavy atom. The van der Waals surface area contributed by atoms with Crippen LogP contribution in [0.15, 0.2) is 24.3 Å². The highest BCUT2D eigenvalue weighted by Gasteiger charge is 1.95. The van der Waals surface area contributed by atoms with E-state index in [-0.39, 0.29) is 12.3 Å². The fourth-order valence-electron chi connectivity index (χ4n) is 0.751. The molecule has 0 fully saturated rings. The van der Waals surface area contributed by atoms with E-state index in [9.17, 15) is 4.79 Å². The maximum Gasteiger partial charge on any atom is 0.240 e. The van der Waals surface area contributed by atoms with Gasteiger partial charge in [0, 0.05) is 5.69 Å². The van der Waals surface area contributed by atoms with Gasteiger partial charge in [0.15, 0.2) is 0 Å². The summed E-state index contributed by atoms with van der Waals surface area (Å²) < 4.78 is 0. The molecule has 0 spiro atoms. The molecule has 4 heteroatoms. The molecule has 0 heterocycles. The summed E-state index contributed by atoms with van der Waals surface area (Å²) in [5.74, 6) is 0.192. The summed E-state index contributed by atoms with van der Waals surface area (Å²) in [6, 6.07) is 6.38. The van der Waals surface area contributed by atoms with E-state index in [0.29, 0.717) is 0 Å². The average Bonchev–Trinajstić information content (AvgIpc) is 2.03. The summed E-state index contributed by atoms with van der Waals surface area (Å²) in [6.45, 7) is 0.0896. The molecule has 0 aromatic heterocycles. The molecule has 0 unspecified atom stereocenters. The van der Waals surface area contributed by atoms with Crippen LogP contribution in [0.5, 0.6) is 5.75 Å². The molecule has 0 amide bonds. The number of aromatic hydroxyl groups is 1. The van der Waals surface area contributed by atoms with Crippen molar-refractivity contribution in [2.45, 2.75) is 0 Å². The molecule has 1 aromatic carbocycles. The van der Waals surface area contributed by atoms with Gasteiger partial charge in [-0.2, -0.15) is 0 Å². The van der Waals surface area contributed by atoms with E-state index in [4.69, 9.17) is 16.7 Å². The number of halogens is 1. The predicted molar refractivity (Wildman–Crippen MR) is 47.5 cm³/mol. The molecular formula is C8H8ClNO2. The number of anilines is 1. The van der Waals surface area contributed by atoms with Gasteiger partial charge in [-0.15, -0.1) is 0 Å². The predicted octanol–water partition coefficient (Wildman–Crippen LogP) is 1.57. The topological polar surface area (TPSA) is 49.3 Å². The second-order valence-corrected chi connectivity index (χ2v) is 2.68. The van der Waals surface area contributed by atoms with Gasteiger partial charge >= 0.3 is 0 Å². The van der Waals surface area contributed by atoms with Crippen molar-refractivity contribution < 1.29 is 9.90 Å². The Labute approximate surface area is 75.0 Å². The summed E-state index contributed by atoms with van der Waals surface area (Å²) in [7, 11) is 0. The minimum Gasteiger partial charge on any atom is -0.508 e. The van der Waals surface area contributed by atoms with Crippen molar-refractivity contribution in [2.24, 2.45) is 0 Å². The third-order valence-corrected chi connectivity index (χ3v) is 1.43. The van der Waals surface area contributed by atoms with Crippen molar-refractivity contribution in [1.29, 1.82) is 0 Å². The van der Waals surface area contributed by atoms with Crippen LogP contribution in [0.1, 0.15) is 0 Å². The van der Waals surface area contributed by atoms with Crippen molar-refractivity contribution in [1.82, 2.24) is 0 Å². The van der Waals surface area contributed by atoms with Crippen LogP contribution in [0, 0.1) is 0 Å². The smallest absolute Gasteiger partial charge is 0.240 e. The molecule has 0 aliphatic carbocycles. The number of carbonyl (C=O) groups excluding carboxylic acids is 1. The summed E-state index contributed by atoms with van der Waals surface area (Å²) in [5, 5.41) is 11.3. The van der Waals surface area contributed by atoms with E-state index in [2.05, 4.69) is 5.32 Å². The number of rotatable bonds is 3. The summed E-state index contributed by atoms with van der Waals surface area (Å²) >= 11 is 5.11. The molecule has 0 radical (unpaired) electrons. The van der Waals surface area contributed by atoms with Crippen molar-refractivity contribution in [3.05, 3.63) is 24.3 Å². The monoisotopic (exact) mass is 185 g/mol. The molecule has 1 rings (SSSR count). The number of hydrogen-bond acceptors (Lipinski definition) is 3. The third-order valence-electron chi connectivity index (χ3n) is 1.30. The van der Waals surface area contributed by atoms with Gasteiger partial charge in [-0.25, -0.2) is 0 Å². The summed E-state index contributed by atoms with van der Waals surface area (Å²) in [6.07, 6.45) is 0. The molecule has 64 valence electrons. The number of phenols is 1. The van der Waals surface area contributed by atoms with Gasteiger partial charge in [0.05, 0.1) is 6.54 Å². The summed E-state index contributed by atoms with van der Waals surface area (Å²) in [4.78, 5) is 10.3. The Kier molecular flexibility index (Phi) is 2.94. The first-order valence-electron chi connectivity index (χ1n) is 3.40. The van der Waals surface area contributed by atoms with Crippen LogP contribution in [0.4, 0.5) is 5.69 Å². The molecular weight excluding hydrogens is 178 g/mol. The van der Waals surface area contributed by atoms with Gasteiger partial charge in [0.25, 0.3) is 0 Å². The lowest BCUT2D eigenvalue weighted by atomic mass is 10.3. The normalized spacial score (nSPS) is 9.42. The molecule has 0 aliphatic heterocycles. The fraction of sp³-hybridized carbons (Fsp3) is 0.125. The number of phenolic OH excluding ortho intramolecular Hbond substituents is 1. The molecule has 3 nitrogen and oxygen atoms in total. The van der Waals surface area contributed by atoms with E-state index in [0.717, 1.165) is 5.69 Å². The second kappa shape index (κ2) is 3.97. The average molecular weight is 186 g/mol. The molecule has 2 N–H and O–H groups in total. The maximum atomic E-state index is 10.3. The van der Waals surface area contributed by atoms with Crippen molar-refractivity contribution in [3.8, 4) is 5.75 Å². The van der Waals surface area contributed by atoms with Crippen molar-refractivity contribution in [2.75, 3.05) is 11.9 Å². The highest BCUT2D eigenvalue weighted by Crippen LogP contribution is 2.13. The number of nitrogens with one attached hydrogen (secondary N) is 1. The lowest BCUT2D eigenvalue weighted by molar-refractivity contribution is -0.110. The van der Waals surface area contributed by atoms with E-state index >= 15 is 0 Å². The lowest BCUT2D eigenvalue weighted by Gasteiger charge is -2.01. The zero-order chi connectivity index (χ0) is 8.97. The lowest BCUT2D eigenvalue weighted by Crippen LogP contribution is -2.07. The van der Waals surface area contributed by atoms with Crippen LogP contribution >= 0.6 is 11.6 Å². The van der Waals surface area contributed by atoms with Gasteiger partial charge in [-0.3, -0.25) is 4.79 Å².